The first kappa shape index (κ1) is 30.4. The summed E-state index contributed by atoms with van der Waals surface area (Å²) >= 11 is 0. The Bertz CT molecular complexity index is 1020. The molecule has 0 spiro atoms. The highest BCUT2D eigenvalue weighted by atomic mass is 19.4. The zero-order chi connectivity index (χ0) is 28.1. The highest BCUT2D eigenvalue weighted by Gasteiger charge is 2.36. The molecule has 1 fully saturated rings. The topological polar surface area (TPSA) is 104 Å². The Labute approximate surface area is 225 Å². The van der Waals surface area contributed by atoms with E-state index in [9.17, 15) is 22.8 Å². The number of amides is 1. The fourth-order valence-corrected chi connectivity index (χ4v) is 4.33. The van der Waals surface area contributed by atoms with Crippen LogP contribution in [0.1, 0.15) is 28.8 Å². The fourth-order valence-electron chi connectivity index (χ4n) is 4.33. The van der Waals surface area contributed by atoms with E-state index in [0.29, 0.717) is 51.4 Å². The van der Waals surface area contributed by atoms with Crippen molar-refractivity contribution < 1.29 is 41.7 Å². The van der Waals surface area contributed by atoms with Crippen molar-refractivity contribution in [3.63, 3.8) is 0 Å². The molecule has 13 heteroatoms. The summed E-state index contributed by atoms with van der Waals surface area (Å²) in [7, 11) is 1.30. The maximum atomic E-state index is 13.0. The number of benzene rings is 1. The molecule has 1 aromatic carbocycles. The molecule has 2 atom stereocenters. The number of nitrogens with one attached hydrogen (secondary N) is 1. The zero-order valence-electron chi connectivity index (χ0n) is 21.9. The van der Waals surface area contributed by atoms with Gasteiger partial charge in [0.15, 0.2) is 0 Å². The Hall–Kier alpha value is -3.16. The average Bonchev–Trinajstić information content (AvgIpc) is 3.38. The smallest absolute Gasteiger partial charge is 0.407 e. The summed E-state index contributed by atoms with van der Waals surface area (Å²) in [5, 5.41) is 6.89. The summed E-state index contributed by atoms with van der Waals surface area (Å²) in [4.78, 5) is 25.2. The molecule has 1 aliphatic heterocycles. The number of aromatic nitrogens is 2. The third kappa shape index (κ3) is 11.2. The van der Waals surface area contributed by atoms with Crippen molar-refractivity contribution in [1.82, 2.24) is 20.0 Å². The fraction of sp³-hybridized carbons (Fsp3) is 0.577. The van der Waals surface area contributed by atoms with E-state index in [1.54, 1.807) is 10.9 Å². The van der Waals surface area contributed by atoms with Crippen LogP contribution in [0.25, 0.3) is 0 Å². The summed E-state index contributed by atoms with van der Waals surface area (Å²) in [5.74, 6) is -0.688. The van der Waals surface area contributed by atoms with Crippen LogP contribution in [0.15, 0.2) is 42.7 Å². The Morgan fingerprint density at radius 2 is 1.85 bits per heavy atom. The number of methoxy groups -OCH3 is 1. The number of halogens is 3. The normalized spacial score (nSPS) is 18.1. The minimum absolute atomic E-state index is 0.111. The molecular weight excluding hydrogens is 521 g/mol. The number of nitrogens with zero attached hydrogens (tertiary/aromatic N) is 3. The van der Waals surface area contributed by atoms with Crippen LogP contribution in [0.5, 0.6) is 0 Å². The molecule has 1 N–H and O–H groups in total. The van der Waals surface area contributed by atoms with Gasteiger partial charge in [0.1, 0.15) is 6.61 Å². The van der Waals surface area contributed by atoms with Gasteiger partial charge in [-0.3, -0.25) is 9.58 Å². The van der Waals surface area contributed by atoms with Gasteiger partial charge in [-0.25, -0.2) is 9.59 Å². The van der Waals surface area contributed by atoms with Crippen molar-refractivity contribution in [2.24, 2.45) is 5.92 Å². The number of hydrogen-bond acceptors (Lipinski definition) is 8. The molecule has 3 rings (SSSR count). The minimum Gasteiger partial charge on any atom is -0.465 e. The third-order valence-electron chi connectivity index (χ3n) is 6.26. The van der Waals surface area contributed by atoms with E-state index >= 15 is 0 Å². The second-order valence-corrected chi connectivity index (χ2v) is 9.21. The molecule has 1 aliphatic rings. The molecule has 0 aliphatic carbocycles. The van der Waals surface area contributed by atoms with Crippen molar-refractivity contribution in [3.8, 4) is 0 Å². The predicted octanol–water partition coefficient (Wildman–Crippen LogP) is 3.27. The monoisotopic (exact) mass is 556 g/mol. The Balaban J connectivity index is 1.37. The van der Waals surface area contributed by atoms with Gasteiger partial charge < -0.3 is 24.3 Å². The number of carbonyl (C=O) groups excluding carboxylic acids is 2. The van der Waals surface area contributed by atoms with Crippen molar-refractivity contribution in [3.05, 3.63) is 53.9 Å². The number of piperidine rings is 1. The number of likely N-dealkylation sites (tertiary alicyclic amines) is 1. The molecule has 39 heavy (non-hydrogen) atoms. The quantitative estimate of drug-likeness (QED) is 0.279. The summed E-state index contributed by atoms with van der Waals surface area (Å²) in [6.45, 7) is 1.30. The van der Waals surface area contributed by atoms with Gasteiger partial charge in [0.05, 0.1) is 51.8 Å². The molecule has 0 saturated carbocycles. The van der Waals surface area contributed by atoms with Crippen molar-refractivity contribution in [2.45, 2.75) is 38.2 Å². The first-order chi connectivity index (χ1) is 18.7. The van der Waals surface area contributed by atoms with Gasteiger partial charge in [0.2, 0.25) is 0 Å². The molecule has 0 bridgehead atoms. The molecule has 1 saturated heterocycles. The van der Waals surface area contributed by atoms with Gasteiger partial charge in [0.25, 0.3) is 0 Å². The SMILES string of the molecule is COC(=O)c1cnn(CCOCCOCC[C@H]2CN(CC(F)(F)F)CC[C@@H]2NC(=O)OCc2ccccc2)c1. The Morgan fingerprint density at radius 1 is 1.10 bits per heavy atom. The second-order valence-electron chi connectivity index (χ2n) is 9.21. The molecular formula is C26H35F3N4O6. The van der Waals surface area contributed by atoms with Gasteiger partial charge in [0, 0.05) is 31.9 Å². The lowest BCUT2D eigenvalue weighted by Crippen LogP contribution is -2.53. The average molecular weight is 557 g/mol. The first-order valence-corrected chi connectivity index (χ1v) is 12.8. The van der Waals surface area contributed by atoms with Crippen molar-refractivity contribution >= 4 is 12.1 Å². The van der Waals surface area contributed by atoms with Crippen LogP contribution in [0.2, 0.25) is 0 Å². The molecule has 1 amide bonds. The van der Waals surface area contributed by atoms with Crippen LogP contribution < -0.4 is 5.32 Å². The van der Waals surface area contributed by atoms with Gasteiger partial charge in [-0.15, -0.1) is 0 Å². The maximum absolute atomic E-state index is 13.0. The number of ether oxygens (including phenoxy) is 4. The van der Waals surface area contributed by atoms with E-state index in [4.69, 9.17) is 14.2 Å². The minimum atomic E-state index is -4.29. The Morgan fingerprint density at radius 3 is 2.56 bits per heavy atom. The maximum Gasteiger partial charge on any atom is 0.407 e. The molecule has 1 aromatic heterocycles. The van der Waals surface area contributed by atoms with E-state index < -0.39 is 24.8 Å². The van der Waals surface area contributed by atoms with Gasteiger partial charge >= 0.3 is 18.2 Å². The summed E-state index contributed by atoms with van der Waals surface area (Å²) in [5.41, 5.74) is 1.20. The van der Waals surface area contributed by atoms with Crippen LogP contribution in [-0.4, -0.2) is 92.1 Å². The predicted molar refractivity (Wildman–Crippen MR) is 134 cm³/mol. The lowest BCUT2D eigenvalue weighted by Gasteiger charge is -2.39. The van der Waals surface area contributed by atoms with E-state index in [-0.39, 0.29) is 31.7 Å². The largest absolute Gasteiger partial charge is 0.465 e. The molecule has 0 unspecified atom stereocenters. The lowest BCUT2D eigenvalue weighted by atomic mass is 9.89. The summed E-state index contributed by atoms with van der Waals surface area (Å²) in [6.07, 6.45) is -1.04. The number of esters is 1. The highest BCUT2D eigenvalue weighted by molar-refractivity contribution is 5.88. The molecule has 10 nitrogen and oxygen atoms in total. The van der Waals surface area contributed by atoms with Crippen molar-refractivity contribution in [1.29, 1.82) is 0 Å². The van der Waals surface area contributed by atoms with Gasteiger partial charge in [-0.1, -0.05) is 30.3 Å². The van der Waals surface area contributed by atoms with Crippen LogP contribution in [0.4, 0.5) is 18.0 Å². The highest BCUT2D eigenvalue weighted by Crippen LogP contribution is 2.25. The first-order valence-electron chi connectivity index (χ1n) is 12.8. The van der Waals surface area contributed by atoms with Crippen LogP contribution in [0, 0.1) is 5.92 Å². The van der Waals surface area contributed by atoms with Crippen molar-refractivity contribution in [2.75, 3.05) is 53.2 Å². The molecule has 2 aromatic rings. The molecule has 2 heterocycles. The van der Waals surface area contributed by atoms with Gasteiger partial charge in [-0.2, -0.15) is 18.3 Å². The van der Waals surface area contributed by atoms with Crippen LogP contribution in [0.3, 0.4) is 0 Å². The van der Waals surface area contributed by atoms with Gasteiger partial charge in [-0.05, 0) is 24.3 Å². The zero-order valence-corrected chi connectivity index (χ0v) is 21.9. The van der Waals surface area contributed by atoms with E-state index in [1.165, 1.54) is 18.2 Å². The standard InChI is InChI=1S/C26H35F3N4O6/c1-36-24(34)22-15-30-33(17-22)10-12-38-14-13-37-11-8-21-16-32(19-26(27,28)29)9-7-23(21)31-25(35)39-18-20-5-3-2-4-6-20/h2-6,15,17,21,23H,7-14,16,18-19H2,1H3,(H,31,35)/t21-,23-/m0/s1. The number of hydrogen-bond donors (Lipinski definition) is 1. The van der Waals surface area contributed by atoms with Crippen LogP contribution in [-0.2, 0) is 32.1 Å². The second kappa shape index (κ2) is 15.4. The number of alkyl halides is 3. The number of rotatable bonds is 14. The van der Waals surface area contributed by atoms with E-state index in [2.05, 4.69) is 15.2 Å². The third-order valence-corrected chi connectivity index (χ3v) is 6.26. The number of carbonyl (C=O) groups is 2. The van der Waals surface area contributed by atoms with E-state index in [0.717, 1.165) is 5.56 Å². The Kier molecular flexibility index (Phi) is 12.0. The molecule has 216 valence electrons. The molecule has 0 radical (unpaired) electrons. The van der Waals surface area contributed by atoms with E-state index in [1.807, 2.05) is 30.3 Å². The lowest BCUT2D eigenvalue weighted by molar-refractivity contribution is -0.150. The van der Waals surface area contributed by atoms with Crippen LogP contribution >= 0.6 is 0 Å². The number of alkyl carbamates (subject to hydrolysis) is 1. The summed E-state index contributed by atoms with van der Waals surface area (Å²) < 4.78 is 61.5. The summed E-state index contributed by atoms with van der Waals surface area (Å²) in [6, 6.07) is 8.91.